The molecule has 9 heteroatoms. The van der Waals surface area contributed by atoms with E-state index in [0.29, 0.717) is 30.2 Å². The van der Waals surface area contributed by atoms with Crippen molar-refractivity contribution in [2.45, 2.75) is 25.6 Å². The lowest BCUT2D eigenvalue weighted by atomic mass is 10.1. The van der Waals surface area contributed by atoms with Crippen LogP contribution in [-0.2, 0) is 28.6 Å². The van der Waals surface area contributed by atoms with Crippen LogP contribution < -0.4 is 15.4 Å². The normalized spacial score (nSPS) is 11.5. The summed E-state index contributed by atoms with van der Waals surface area (Å²) in [5.74, 6) is 0.873. The summed E-state index contributed by atoms with van der Waals surface area (Å²) < 4.78 is 42.5. The number of sulfone groups is 1. The molecular weight excluding hydrogens is 520 g/mol. The SMILES string of the molecule is CCOc1ccccc1CCNC(=NC)NCc1cc(F)ccc1CS(C)(=O)=O.I. The zero-order chi connectivity index (χ0) is 21.3. The van der Waals surface area contributed by atoms with Crippen molar-refractivity contribution in [3.05, 3.63) is 65.0 Å². The summed E-state index contributed by atoms with van der Waals surface area (Å²) in [7, 11) is -1.57. The van der Waals surface area contributed by atoms with E-state index in [-0.39, 0.29) is 36.3 Å². The number of nitrogens with zero attached hydrogens (tertiary/aromatic N) is 1. The smallest absolute Gasteiger partial charge is 0.191 e. The van der Waals surface area contributed by atoms with E-state index in [2.05, 4.69) is 15.6 Å². The second-order valence-corrected chi connectivity index (χ2v) is 8.77. The number of benzene rings is 2. The summed E-state index contributed by atoms with van der Waals surface area (Å²) in [6, 6.07) is 12.0. The van der Waals surface area contributed by atoms with Crippen LogP contribution >= 0.6 is 24.0 Å². The molecule has 0 radical (unpaired) electrons. The monoisotopic (exact) mass is 549 g/mol. The van der Waals surface area contributed by atoms with Gasteiger partial charge >= 0.3 is 0 Å². The van der Waals surface area contributed by atoms with E-state index in [4.69, 9.17) is 4.74 Å². The molecule has 0 aliphatic rings. The number of aliphatic imine (C=N–C) groups is 1. The van der Waals surface area contributed by atoms with Gasteiger partial charge in [0.1, 0.15) is 11.6 Å². The lowest BCUT2D eigenvalue weighted by molar-refractivity contribution is 0.336. The van der Waals surface area contributed by atoms with Crippen LogP contribution in [-0.4, -0.2) is 40.8 Å². The molecule has 0 fully saturated rings. The number of hydrogen-bond acceptors (Lipinski definition) is 4. The van der Waals surface area contributed by atoms with Gasteiger partial charge in [-0.05, 0) is 48.2 Å². The highest BCUT2D eigenvalue weighted by Gasteiger charge is 2.11. The van der Waals surface area contributed by atoms with Gasteiger partial charge in [-0.2, -0.15) is 0 Å². The van der Waals surface area contributed by atoms with E-state index in [1.165, 1.54) is 18.2 Å². The van der Waals surface area contributed by atoms with Gasteiger partial charge in [-0.3, -0.25) is 4.99 Å². The van der Waals surface area contributed by atoms with Gasteiger partial charge in [0.25, 0.3) is 0 Å². The molecule has 30 heavy (non-hydrogen) atoms. The molecule has 2 rings (SSSR count). The number of rotatable bonds is 9. The quantitative estimate of drug-likeness (QED) is 0.285. The molecule has 0 aliphatic heterocycles. The molecule has 0 amide bonds. The van der Waals surface area contributed by atoms with Crippen molar-refractivity contribution in [2.24, 2.45) is 4.99 Å². The molecule has 0 aromatic heterocycles. The van der Waals surface area contributed by atoms with Gasteiger partial charge in [-0.25, -0.2) is 12.8 Å². The summed E-state index contributed by atoms with van der Waals surface area (Å²) in [4.78, 5) is 4.17. The summed E-state index contributed by atoms with van der Waals surface area (Å²) in [6.45, 7) is 3.45. The van der Waals surface area contributed by atoms with E-state index >= 15 is 0 Å². The third-order valence-electron chi connectivity index (χ3n) is 4.22. The van der Waals surface area contributed by atoms with Crippen molar-refractivity contribution < 1.29 is 17.5 Å². The Morgan fingerprint density at radius 3 is 2.50 bits per heavy atom. The van der Waals surface area contributed by atoms with Gasteiger partial charge in [0, 0.05) is 26.4 Å². The second-order valence-electron chi connectivity index (χ2n) is 6.63. The summed E-state index contributed by atoms with van der Waals surface area (Å²) in [5.41, 5.74) is 2.25. The van der Waals surface area contributed by atoms with Crippen LogP contribution in [0.5, 0.6) is 5.75 Å². The molecule has 0 unspecified atom stereocenters. The third kappa shape index (κ3) is 8.86. The van der Waals surface area contributed by atoms with Crippen molar-refractivity contribution in [1.82, 2.24) is 10.6 Å². The van der Waals surface area contributed by atoms with Crippen LogP contribution in [0.15, 0.2) is 47.5 Å². The van der Waals surface area contributed by atoms with Gasteiger partial charge < -0.3 is 15.4 Å². The minimum Gasteiger partial charge on any atom is -0.494 e. The van der Waals surface area contributed by atoms with Crippen molar-refractivity contribution in [1.29, 1.82) is 0 Å². The molecule has 0 aliphatic carbocycles. The molecule has 0 spiro atoms. The maximum absolute atomic E-state index is 13.6. The summed E-state index contributed by atoms with van der Waals surface area (Å²) >= 11 is 0. The molecule has 0 bridgehead atoms. The van der Waals surface area contributed by atoms with Gasteiger partial charge in [0.2, 0.25) is 0 Å². The van der Waals surface area contributed by atoms with Crippen LogP contribution in [0.1, 0.15) is 23.6 Å². The number of hydrogen-bond donors (Lipinski definition) is 2. The number of ether oxygens (including phenoxy) is 1. The number of para-hydroxylation sites is 1. The molecule has 2 aromatic carbocycles. The lowest BCUT2D eigenvalue weighted by Crippen LogP contribution is -2.38. The van der Waals surface area contributed by atoms with E-state index in [9.17, 15) is 12.8 Å². The molecule has 6 nitrogen and oxygen atoms in total. The maximum Gasteiger partial charge on any atom is 0.191 e. The van der Waals surface area contributed by atoms with E-state index in [0.717, 1.165) is 24.0 Å². The number of halogens is 2. The van der Waals surface area contributed by atoms with Gasteiger partial charge in [-0.15, -0.1) is 24.0 Å². The minimum absolute atomic E-state index is 0. The fourth-order valence-electron chi connectivity index (χ4n) is 2.90. The second kappa shape index (κ2) is 12.7. The standard InChI is InChI=1S/C21H28FN3O3S.HI/c1-4-28-20-8-6-5-7-16(20)11-12-24-21(23-2)25-14-18-13-19(22)10-9-17(18)15-29(3,26)27;/h5-10,13H,4,11-12,14-15H2,1-3H3,(H2,23,24,25);1H. The van der Waals surface area contributed by atoms with Crippen molar-refractivity contribution in [2.75, 3.05) is 26.5 Å². The largest absolute Gasteiger partial charge is 0.494 e. The Morgan fingerprint density at radius 2 is 1.83 bits per heavy atom. The fraction of sp³-hybridized carbons (Fsp3) is 0.381. The molecule has 0 saturated carbocycles. The topological polar surface area (TPSA) is 79.8 Å². The highest BCUT2D eigenvalue weighted by molar-refractivity contribution is 14.0. The molecule has 2 N–H and O–H groups in total. The Morgan fingerprint density at radius 1 is 1.10 bits per heavy atom. The molecular formula is C21H29FIN3O3S. The van der Waals surface area contributed by atoms with Gasteiger partial charge in [0.15, 0.2) is 15.8 Å². The highest BCUT2D eigenvalue weighted by atomic mass is 127. The average Bonchev–Trinajstić information content (AvgIpc) is 2.67. The third-order valence-corrected chi connectivity index (χ3v) is 5.05. The van der Waals surface area contributed by atoms with Crippen LogP contribution in [0.25, 0.3) is 0 Å². The first-order valence-corrected chi connectivity index (χ1v) is 11.5. The first-order chi connectivity index (χ1) is 13.8. The van der Waals surface area contributed by atoms with E-state index < -0.39 is 15.7 Å². The number of nitrogens with one attached hydrogen (secondary N) is 2. The van der Waals surface area contributed by atoms with Crippen LogP contribution in [0.2, 0.25) is 0 Å². The Labute approximate surface area is 195 Å². The van der Waals surface area contributed by atoms with Crippen LogP contribution in [0.3, 0.4) is 0 Å². The van der Waals surface area contributed by atoms with Gasteiger partial charge in [-0.1, -0.05) is 24.3 Å². The Hall–Kier alpha value is -1.88. The zero-order valence-corrected chi connectivity index (χ0v) is 20.6. The van der Waals surface area contributed by atoms with Crippen molar-refractivity contribution in [3.63, 3.8) is 0 Å². The lowest BCUT2D eigenvalue weighted by Gasteiger charge is -2.15. The molecule has 0 atom stereocenters. The molecule has 0 saturated heterocycles. The minimum atomic E-state index is -3.22. The maximum atomic E-state index is 13.6. The Balaban J connectivity index is 0.00000450. The summed E-state index contributed by atoms with van der Waals surface area (Å²) in [5, 5.41) is 6.32. The first-order valence-electron chi connectivity index (χ1n) is 9.42. The zero-order valence-electron chi connectivity index (χ0n) is 17.4. The Bertz CT molecular complexity index is 952. The molecule has 166 valence electrons. The van der Waals surface area contributed by atoms with E-state index in [1.54, 1.807) is 7.05 Å². The fourth-order valence-corrected chi connectivity index (χ4v) is 3.75. The van der Waals surface area contributed by atoms with Crippen molar-refractivity contribution in [3.8, 4) is 5.75 Å². The van der Waals surface area contributed by atoms with Crippen LogP contribution in [0.4, 0.5) is 4.39 Å². The highest BCUT2D eigenvalue weighted by Crippen LogP contribution is 2.18. The van der Waals surface area contributed by atoms with Gasteiger partial charge in [0.05, 0.1) is 12.4 Å². The van der Waals surface area contributed by atoms with E-state index in [1.807, 2.05) is 31.2 Å². The molecule has 0 heterocycles. The average molecular weight is 549 g/mol. The molecule has 2 aromatic rings. The van der Waals surface area contributed by atoms with Crippen molar-refractivity contribution >= 4 is 39.8 Å². The first kappa shape index (κ1) is 26.2. The predicted octanol–water partition coefficient (Wildman–Crippen LogP) is 3.29. The van der Waals surface area contributed by atoms with Crippen LogP contribution in [0, 0.1) is 5.82 Å². The Kier molecular flexibility index (Phi) is 11.1. The number of guanidine groups is 1. The summed E-state index contributed by atoms with van der Waals surface area (Å²) in [6.07, 6.45) is 1.91. The predicted molar refractivity (Wildman–Crippen MR) is 130 cm³/mol.